The van der Waals surface area contributed by atoms with Gasteiger partial charge in [0.2, 0.25) is 0 Å². The van der Waals surface area contributed by atoms with E-state index in [1.165, 1.54) is 54.4 Å². The Labute approximate surface area is 351 Å². The molecule has 0 fully saturated rings. The molecule has 0 N–H and O–H groups in total. The molecule has 0 saturated heterocycles. The third kappa shape index (κ3) is 3.37. The predicted molar refractivity (Wildman–Crippen MR) is 252 cm³/mol. The van der Waals surface area contributed by atoms with E-state index in [0.29, 0.717) is 0 Å². The van der Waals surface area contributed by atoms with Crippen LogP contribution in [0.25, 0.3) is 98.9 Å². The topological polar surface area (TPSA) is 54.6 Å². The molecule has 8 heterocycles. The fourth-order valence-corrected chi connectivity index (χ4v) is 12.3. The Kier molecular flexibility index (Phi) is 5.11. The van der Waals surface area contributed by atoms with Gasteiger partial charge in [-0.3, -0.25) is 0 Å². The van der Waals surface area contributed by atoms with E-state index in [1.54, 1.807) is 0 Å². The highest BCUT2D eigenvalue weighted by atomic mass is 16.5. The van der Waals surface area contributed by atoms with Crippen molar-refractivity contribution in [3.63, 3.8) is 0 Å². The Bertz CT molecular complexity index is 4050. The van der Waals surface area contributed by atoms with Gasteiger partial charge in [-0.1, -0.05) is 103 Å². The van der Waals surface area contributed by atoms with Crippen molar-refractivity contribution in [1.29, 1.82) is 0 Å². The molecule has 17 rings (SSSR count). The van der Waals surface area contributed by atoms with Gasteiger partial charge >= 0.3 is 0 Å². The SMILES string of the molecule is c1cc2c3c(c1)-n1c4c(cccc4c4ccc5c6ccccc6oc5c41)B3c1cc3c(cc1O2)Oc1cccc2c1B3c1cccc3c4ccc5c6ccccc6oc5c4n-2c13. The van der Waals surface area contributed by atoms with E-state index in [4.69, 9.17) is 18.3 Å². The van der Waals surface area contributed by atoms with Crippen LogP contribution >= 0.6 is 0 Å². The first kappa shape index (κ1) is 30.9. The third-order valence-electron chi connectivity index (χ3n) is 14.6. The number of hydrogen-bond acceptors (Lipinski definition) is 4. The molecule has 0 aliphatic carbocycles. The molecule has 282 valence electrons. The number of aromatic nitrogens is 2. The van der Waals surface area contributed by atoms with Crippen molar-refractivity contribution in [3.05, 3.63) is 158 Å². The molecule has 13 aromatic rings. The number of fused-ring (bicyclic) bond motifs is 22. The van der Waals surface area contributed by atoms with E-state index in [-0.39, 0.29) is 13.4 Å². The second-order valence-corrected chi connectivity index (χ2v) is 17.4. The standard InChI is InChI=1S/C54H26B2N2O4/c1-3-17-41-27(9-1)33-23-21-31-29-11-5-13-35-49(29)57(51(31)53(33)61-41)39-15-7-19-43-47(39)55(35)37-25-38-46(26-45(37)59-43)60-44-20-8-16-40-48(44)56(38)36-14-6-12-30-32-22-24-34-28-10-2-4-18-42(28)62-54(34)52(32)58(40)50(30)36/h1-26H. The van der Waals surface area contributed by atoms with Crippen molar-refractivity contribution in [2.75, 3.05) is 0 Å². The minimum atomic E-state index is -0.0641. The average Bonchev–Trinajstić information content (AvgIpc) is 4.07. The van der Waals surface area contributed by atoms with Crippen LogP contribution in [0.1, 0.15) is 0 Å². The zero-order chi connectivity index (χ0) is 39.7. The Morgan fingerprint density at radius 3 is 1.27 bits per heavy atom. The fraction of sp³-hybridized carbons (Fsp3) is 0. The zero-order valence-corrected chi connectivity index (χ0v) is 32.7. The number of para-hydroxylation sites is 4. The molecule has 4 aliphatic heterocycles. The van der Waals surface area contributed by atoms with Crippen molar-refractivity contribution < 1.29 is 18.3 Å². The molecule has 0 spiro atoms. The first-order chi connectivity index (χ1) is 30.8. The van der Waals surface area contributed by atoms with Crippen molar-refractivity contribution in [1.82, 2.24) is 9.13 Å². The van der Waals surface area contributed by atoms with Crippen LogP contribution in [0, 0.1) is 0 Å². The van der Waals surface area contributed by atoms with E-state index in [2.05, 4.69) is 155 Å². The lowest BCUT2D eigenvalue weighted by atomic mass is 9.31. The van der Waals surface area contributed by atoms with Crippen LogP contribution in [0.2, 0.25) is 0 Å². The highest BCUT2D eigenvalue weighted by Gasteiger charge is 2.45. The maximum absolute atomic E-state index is 7.01. The molecule has 0 radical (unpaired) electrons. The molecule has 4 aromatic heterocycles. The number of furan rings is 2. The summed E-state index contributed by atoms with van der Waals surface area (Å²) < 4.78 is 32.4. The predicted octanol–water partition coefficient (Wildman–Crippen LogP) is 9.55. The van der Waals surface area contributed by atoms with Crippen molar-refractivity contribution >= 4 is 134 Å². The summed E-state index contributed by atoms with van der Waals surface area (Å²) in [5.74, 6) is 3.39. The molecule has 4 aliphatic rings. The van der Waals surface area contributed by atoms with Gasteiger partial charge in [-0.25, -0.2) is 0 Å². The number of nitrogens with zero attached hydrogens (tertiary/aromatic N) is 2. The Morgan fingerprint density at radius 2 is 0.758 bits per heavy atom. The second kappa shape index (κ2) is 10.3. The Balaban J connectivity index is 0.947. The molecular weight excluding hydrogens is 762 g/mol. The average molecular weight is 788 g/mol. The van der Waals surface area contributed by atoms with Crippen LogP contribution in [0.15, 0.2) is 167 Å². The molecular formula is C54H26B2N2O4. The Morgan fingerprint density at radius 1 is 0.323 bits per heavy atom. The molecule has 62 heavy (non-hydrogen) atoms. The quantitative estimate of drug-likeness (QED) is 0.144. The van der Waals surface area contributed by atoms with E-state index in [9.17, 15) is 0 Å². The molecule has 9 aromatic carbocycles. The largest absolute Gasteiger partial charge is 0.458 e. The summed E-state index contributed by atoms with van der Waals surface area (Å²) in [6, 6.07) is 56.8. The lowest BCUT2D eigenvalue weighted by Gasteiger charge is -2.36. The lowest BCUT2D eigenvalue weighted by Crippen LogP contribution is -2.62. The second-order valence-electron chi connectivity index (χ2n) is 17.4. The molecule has 0 bridgehead atoms. The normalized spacial score (nSPS) is 14.0. The highest BCUT2D eigenvalue weighted by Crippen LogP contribution is 2.45. The summed E-state index contributed by atoms with van der Waals surface area (Å²) in [4.78, 5) is 0. The van der Waals surface area contributed by atoms with Crippen LogP contribution in [-0.4, -0.2) is 22.6 Å². The van der Waals surface area contributed by atoms with Crippen LogP contribution < -0.4 is 42.3 Å². The monoisotopic (exact) mass is 788 g/mol. The van der Waals surface area contributed by atoms with Gasteiger partial charge in [-0.15, -0.1) is 0 Å². The van der Waals surface area contributed by atoms with Gasteiger partial charge in [0.25, 0.3) is 13.4 Å². The van der Waals surface area contributed by atoms with Gasteiger partial charge in [0.05, 0.1) is 11.0 Å². The van der Waals surface area contributed by atoms with Crippen molar-refractivity contribution in [2.24, 2.45) is 0 Å². The lowest BCUT2D eigenvalue weighted by molar-refractivity contribution is 0.465. The molecule has 0 saturated carbocycles. The van der Waals surface area contributed by atoms with Crippen LogP contribution in [0.4, 0.5) is 0 Å². The summed E-state index contributed by atoms with van der Waals surface area (Å²) in [5, 5.41) is 9.29. The third-order valence-corrected chi connectivity index (χ3v) is 14.6. The minimum absolute atomic E-state index is 0.0641. The zero-order valence-electron chi connectivity index (χ0n) is 32.7. The van der Waals surface area contributed by atoms with E-state index in [0.717, 1.165) is 100 Å². The summed E-state index contributed by atoms with van der Waals surface area (Å²) in [7, 11) is 0. The summed E-state index contributed by atoms with van der Waals surface area (Å²) in [5.41, 5.74) is 17.6. The van der Waals surface area contributed by atoms with Crippen molar-refractivity contribution in [2.45, 2.75) is 0 Å². The van der Waals surface area contributed by atoms with Gasteiger partial charge in [-0.2, -0.15) is 0 Å². The van der Waals surface area contributed by atoms with Gasteiger partial charge in [0.15, 0.2) is 11.2 Å². The molecule has 0 atom stereocenters. The fourth-order valence-electron chi connectivity index (χ4n) is 12.3. The van der Waals surface area contributed by atoms with Crippen LogP contribution in [0.5, 0.6) is 23.0 Å². The maximum Gasteiger partial charge on any atom is 0.256 e. The molecule has 0 unspecified atom stereocenters. The van der Waals surface area contributed by atoms with Gasteiger partial charge in [0, 0.05) is 71.6 Å². The minimum Gasteiger partial charge on any atom is -0.458 e. The van der Waals surface area contributed by atoms with Gasteiger partial charge < -0.3 is 27.4 Å². The molecule has 6 nitrogen and oxygen atoms in total. The first-order valence-corrected chi connectivity index (χ1v) is 21.3. The van der Waals surface area contributed by atoms with Crippen LogP contribution in [0.3, 0.4) is 0 Å². The first-order valence-electron chi connectivity index (χ1n) is 21.3. The summed E-state index contributed by atoms with van der Waals surface area (Å²) in [6.45, 7) is -0.128. The molecule has 0 amide bonds. The number of hydrogen-bond donors (Lipinski definition) is 0. The maximum atomic E-state index is 7.01. The van der Waals surface area contributed by atoms with Crippen molar-refractivity contribution in [3.8, 4) is 34.4 Å². The number of benzene rings is 9. The summed E-state index contributed by atoms with van der Waals surface area (Å²) >= 11 is 0. The number of rotatable bonds is 0. The van der Waals surface area contributed by atoms with Gasteiger partial charge in [-0.05, 0) is 81.3 Å². The van der Waals surface area contributed by atoms with E-state index >= 15 is 0 Å². The molecule has 8 heteroatoms. The highest BCUT2D eigenvalue weighted by molar-refractivity contribution is 7.02. The smallest absolute Gasteiger partial charge is 0.256 e. The summed E-state index contributed by atoms with van der Waals surface area (Å²) in [6.07, 6.45) is 0. The van der Waals surface area contributed by atoms with Crippen LogP contribution in [-0.2, 0) is 0 Å². The van der Waals surface area contributed by atoms with E-state index < -0.39 is 0 Å². The van der Waals surface area contributed by atoms with Gasteiger partial charge in [0.1, 0.15) is 34.2 Å². The van der Waals surface area contributed by atoms with E-state index in [1.807, 2.05) is 12.1 Å². The number of ether oxygens (including phenoxy) is 2. The Hall–Kier alpha value is -8.09.